The smallest absolute Gasteiger partial charge is 0.406 e. The number of nitrogens with zero attached hydrogens (tertiary/aromatic N) is 4. The molecule has 7 rings (SSSR count). The summed E-state index contributed by atoms with van der Waals surface area (Å²) < 4.78 is 4.59. The fourth-order valence-electron chi connectivity index (χ4n) is 7.07. The molecule has 5 N–H and O–H groups in total. The third kappa shape index (κ3) is 6.23. The molecule has 0 radical (unpaired) electrons. The van der Waals surface area contributed by atoms with Crippen molar-refractivity contribution in [1.82, 2.24) is 35.1 Å². The highest BCUT2D eigenvalue weighted by atomic mass is 16.5. The number of aromatic amines is 2. The molecule has 4 heterocycles. The maximum Gasteiger partial charge on any atom is 0.406 e. The summed E-state index contributed by atoms with van der Waals surface area (Å²) in [6.45, 7) is 1.99. The van der Waals surface area contributed by atoms with Crippen molar-refractivity contribution in [3.63, 3.8) is 0 Å². The number of hydrogen-bond donors (Lipinski definition) is 4. The van der Waals surface area contributed by atoms with Gasteiger partial charge >= 0.3 is 6.09 Å². The van der Waals surface area contributed by atoms with E-state index in [9.17, 15) is 14.4 Å². The van der Waals surface area contributed by atoms with E-state index in [0.29, 0.717) is 19.5 Å². The third-order valence-corrected chi connectivity index (χ3v) is 9.51. The highest BCUT2D eigenvalue weighted by Gasteiger charge is 2.33. The van der Waals surface area contributed by atoms with Crippen molar-refractivity contribution in [3.05, 3.63) is 72.4 Å². The predicted octanol–water partition coefficient (Wildman–Crippen LogP) is 5.20. The third-order valence-electron chi connectivity index (χ3n) is 9.51. The molecule has 0 bridgehead atoms. The summed E-state index contributed by atoms with van der Waals surface area (Å²) in [5.41, 5.74) is 11.5. The SMILES string of the molecule is COC(=O)NCCC(=O)N1CCC[C@H]1c1nc2ccc(-c3ccc4cc(-c5cnc([C@@H]6CCCN6C(=O)CCN)[nH]5)ccc4c3)cc2[nH]1. The van der Waals surface area contributed by atoms with Gasteiger partial charge in [-0.3, -0.25) is 9.59 Å². The van der Waals surface area contributed by atoms with Crippen LogP contribution >= 0.6 is 0 Å². The van der Waals surface area contributed by atoms with Crippen molar-refractivity contribution in [2.24, 2.45) is 5.73 Å². The van der Waals surface area contributed by atoms with Gasteiger partial charge in [0.15, 0.2) is 0 Å². The van der Waals surface area contributed by atoms with Gasteiger partial charge in [-0.2, -0.15) is 0 Å². The molecule has 48 heavy (non-hydrogen) atoms. The van der Waals surface area contributed by atoms with Crippen LogP contribution in [-0.4, -0.2) is 80.9 Å². The highest BCUT2D eigenvalue weighted by Crippen LogP contribution is 2.35. The van der Waals surface area contributed by atoms with Gasteiger partial charge < -0.3 is 35.6 Å². The van der Waals surface area contributed by atoms with Crippen LogP contribution in [0.2, 0.25) is 0 Å². The van der Waals surface area contributed by atoms with E-state index in [0.717, 1.165) is 88.1 Å². The molecule has 0 saturated carbocycles. The Balaban J connectivity index is 1.07. The molecule has 2 saturated heterocycles. The number of alkyl carbamates (subject to hydrolysis) is 1. The molecule has 0 aliphatic carbocycles. The number of aromatic nitrogens is 4. The van der Waals surface area contributed by atoms with Crippen LogP contribution in [0.5, 0.6) is 0 Å². The maximum atomic E-state index is 12.9. The number of nitrogens with two attached hydrogens (primary N) is 1. The molecule has 5 aromatic rings. The van der Waals surface area contributed by atoms with E-state index in [1.165, 1.54) is 7.11 Å². The number of carbonyl (C=O) groups excluding carboxylic acids is 3. The molecule has 0 unspecified atom stereocenters. The number of hydrogen-bond acceptors (Lipinski definition) is 7. The largest absolute Gasteiger partial charge is 0.453 e. The fourth-order valence-corrected chi connectivity index (χ4v) is 7.07. The summed E-state index contributed by atoms with van der Waals surface area (Å²) >= 11 is 0. The summed E-state index contributed by atoms with van der Waals surface area (Å²) in [4.78, 5) is 57.1. The summed E-state index contributed by atoms with van der Waals surface area (Å²) in [6.07, 6.45) is 5.47. The molecule has 2 fully saturated rings. The Kier molecular flexibility index (Phi) is 8.81. The zero-order valence-electron chi connectivity index (χ0n) is 27.0. The van der Waals surface area contributed by atoms with Crippen molar-refractivity contribution in [1.29, 1.82) is 0 Å². The minimum absolute atomic E-state index is 0.0161. The lowest BCUT2D eigenvalue weighted by Crippen LogP contribution is -2.34. The van der Waals surface area contributed by atoms with Gasteiger partial charge in [-0.1, -0.05) is 30.3 Å². The lowest BCUT2D eigenvalue weighted by molar-refractivity contribution is -0.132. The molecular weight excluding hydrogens is 608 g/mol. The van der Waals surface area contributed by atoms with E-state index in [2.05, 4.69) is 73.5 Å². The van der Waals surface area contributed by atoms with Crippen LogP contribution in [0.15, 0.2) is 60.8 Å². The van der Waals surface area contributed by atoms with Gasteiger partial charge in [0.2, 0.25) is 11.8 Å². The number of methoxy groups -OCH3 is 1. The maximum absolute atomic E-state index is 12.9. The number of nitrogens with one attached hydrogen (secondary N) is 3. The summed E-state index contributed by atoms with van der Waals surface area (Å²) in [6, 6.07) is 18.9. The number of H-pyrrole nitrogens is 2. The normalized spacial score (nSPS) is 17.8. The Hall–Kier alpha value is -5.23. The quantitative estimate of drug-likeness (QED) is 0.171. The van der Waals surface area contributed by atoms with E-state index in [-0.39, 0.29) is 36.9 Å². The van der Waals surface area contributed by atoms with Crippen LogP contribution in [0, 0.1) is 0 Å². The first-order valence-electron chi connectivity index (χ1n) is 16.6. The topological polar surface area (TPSA) is 162 Å². The van der Waals surface area contributed by atoms with Crippen molar-refractivity contribution < 1.29 is 19.1 Å². The Morgan fingerprint density at radius 2 is 1.50 bits per heavy atom. The number of carbonyl (C=O) groups is 3. The summed E-state index contributed by atoms with van der Waals surface area (Å²) in [5, 5.41) is 4.81. The average Bonchev–Trinajstić information content (AvgIpc) is 3.93. The standard InChI is InChI=1S/C36H40N8O4/c1-48-36(47)38-15-13-33(46)44-17-3-5-31(44)35-40-27-11-10-25(20-28(27)41-35)23-6-7-24-19-26(9-8-22(24)18-23)29-21-39-34(42-29)30-4-2-16-43(30)32(45)12-14-37/h6-11,18-21,30-31H,2-5,12-17,37H2,1H3,(H,38,47)(H,39,42)(H,40,41)/t30-,31-/m0/s1. The summed E-state index contributed by atoms with van der Waals surface area (Å²) in [5.74, 6) is 1.67. The lowest BCUT2D eigenvalue weighted by atomic mass is 9.99. The van der Waals surface area contributed by atoms with Gasteiger partial charge in [-0.15, -0.1) is 0 Å². The Labute approximate surface area is 278 Å². The van der Waals surface area contributed by atoms with E-state index in [1.807, 2.05) is 22.1 Å². The Bertz CT molecular complexity index is 1980. The molecule has 248 valence electrons. The van der Waals surface area contributed by atoms with E-state index in [4.69, 9.17) is 10.7 Å². The highest BCUT2D eigenvalue weighted by molar-refractivity contribution is 5.92. The van der Waals surface area contributed by atoms with Crippen LogP contribution < -0.4 is 11.1 Å². The Morgan fingerprint density at radius 3 is 2.23 bits per heavy atom. The molecular formula is C36H40N8O4. The molecule has 2 aliphatic rings. The number of rotatable bonds is 9. The molecule has 12 heteroatoms. The second-order valence-corrected chi connectivity index (χ2v) is 12.5. The van der Waals surface area contributed by atoms with E-state index >= 15 is 0 Å². The van der Waals surface area contributed by atoms with Gasteiger partial charge in [-0.05, 0) is 71.8 Å². The number of ether oxygens (including phenoxy) is 1. The van der Waals surface area contributed by atoms with Crippen LogP contribution in [0.3, 0.4) is 0 Å². The number of amides is 3. The van der Waals surface area contributed by atoms with Crippen LogP contribution in [0.25, 0.3) is 44.2 Å². The minimum atomic E-state index is -0.543. The van der Waals surface area contributed by atoms with E-state index < -0.39 is 6.09 Å². The number of benzene rings is 3. The Morgan fingerprint density at radius 1 is 0.854 bits per heavy atom. The number of imidazole rings is 2. The molecule has 2 aliphatic heterocycles. The van der Waals surface area contributed by atoms with Crippen molar-refractivity contribution in [2.75, 3.05) is 33.3 Å². The van der Waals surface area contributed by atoms with Gasteiger partial charge in [0.1, 0.15) is 11.6 Å². The minimum Gasteiger partial charge on any atom is -0.453 e. The number of fused-ring (bicyclic) bond motifs is 2. The van der Waals surface area contributed by atoms with Crippen molar-refractivity contribution in [3.8, 4) is 22.4 Å². The predicted molar refractivity (Wildman–Crippen MR) is 183 cm³/mol. The molecule has 2 atom stereocenters. The van der Waals surface area contributed by atoms with Crippen LogP contribution in [0.4, 0.5) is 4.79 Å². The first kappa shape index (κ1) is 31.4. The van der Waals surface area contributed by atoms with Crippen LogP contribution in [-0.2, 0) is 14.3 Å². The second kappa shape index (κ2) is 13.5. The van der Waals surface area contributed by atoms with E-state index in [1.54, 1.807) is 0 Å². The van der Waals surface area contributed by atoms with Gasteiger partial charge in [0, 0.05) is 44.6 Å². The molecule has 3 amide bonds. The van der Waals surface area contributed by atoms with Gasteiger partial charge in [0.25, 0.3) is 0 Å². The molecule has 12 nitrogen and oxygen atoms in total. The van der Waals surface area contributed by atoms with Gasteiger partial charge in [0.05, 0.1) is 42.1 Å². The fraction of sp³-hybridized carbons (Fsp3) is 0.361. The van der Waals surface area contributed by atoms with Crippen LogP contribution in [0.1, 0.15) is 62.3 Å². The molecule has 2 aromatic heterocycles. The molecule has 0 spiro atoms. The monoisotopic (exact) mass is 648 g/mol. The zero-order chi connectivity index (χ0) is 33.2. The molecule has 3 aromatic carbocycles. The lowest BCUT2D eigenvalue weighted by Gasteiger charge is -2.23. The zero-order valence-corrected chi connectivity index (χ0v) is 27.0. The van der Waals surface area contributed by atoms with Crippen molar-refractivity contribution >= 4 is 39.7 Å². The van der Waals surface area contributed by atoms with Gasteiger partial charge in [-0.25, -0.2) is 14.8 Å². The number of likely N-dealkylation sites (tertiary alicyclic amines) is 2. The second-order valence-electron chi connectivity index (χ2n) is 12.5. The first-order valence-corrected chi connectivity index (χ1v) is 16.6. The average molecular weight is 649 g/mol. The summed E-state index contributed by atoms with van der Waals surface area (Å²) in [7, 11) is 1.30. The van der Waals surface area contributed by atoms with Crippen molar-refractivity contribution in [2.45, 2.75) is 50.6 Å². The first-order chi connectivity index (χ1) is 23.4.